The van der Waals surface area contributed by atoms with Crippen molar-refractivity contribution in [1.29, 1.82) is 0 Å². The first-order valence-corrected chi connectivity index (χ1v) is 22.5. The summed E-state index contributed by atoms with van der Waals surface area (Å²) in [6.45, 7) is 2.23. The van der Waals surface area contributed by atoms with Gasteiger partial charge in [-0.15, -0.1) is 0 Å². The van der Waals surface area contributed by atoms with E-state index in [1.807, 2.05) is 0 Å². The largest absolute Gasteiger partial charge is 0.472 e. The Morgan fingerprint density at radius 1 is 0.451 bits per heavy atom. The minimum absolute atomic E-state index is 0.199. The van der Waals surface area contributed by atoms with E-state index < -0.39 is 58.4 Å². The van der Waals surface area contributed by atoms with E-state index in [2.05, 4.69) is 13.8 Å². The second-order valence-electron chi connectivity index (χ2n) is 14.3. The van der Waals surface area contributed by atoms with E-state index in [0.29, 0.717) is 12.8 Å². The Morgan fingerprint density at radius 2 is 0.686 bits per heavy atom. The molecular formula is C40H79O10P. The van der Waals surface area contributed by atoms with Crippen LogP contribution in [0.3, 0.4) is 0 Å². The number of unbranched alkanes of at least 4 members (excludes halogenated alkanes) is 26. The molecule has 10 nitrogen and oxygen atoms in total. The molecule has 304 valence electrons. The zero-order valence-corrected chi connectivity index (χ0v) is 33.7. The molecule has 0 radical (unpaired) electrons. The molecule has 2 unspecified atom stereocenters. The molecule has 0 amide bonds. The predicted octanol–water partition coefficient (Wildman–Crippen LogP) is 10.7. The summed E-state index contributed by atoms with van der Waals surface area (Å²) in [5.41, 5.74) is 0. The minimum atomic E-state index is -4.62. The highest BCUT2D eigenvalue weighted by molar-refractivity contribution is 7.47. The molecule has 0 heterocycles. The van der Waals surface area contributed by atoms with E-state index in [4.69, 9.17) is 18.5 Å². The molecule has 0 aromatic rings. The second kappa shape index (κ2) is 37.3. The van der Waals surface area contributed by atoms with Gasteiger partial charge in [0, 0.05) is 12.8 Å². The van der Waals surface area contributed by atoms with Crippen molar-refractivity contribution in [3.63, 3.8) is 0 Å². The number of ether oxygens (including phenoxy) is 2. The summed E-state index contributed by atoms with van der Waals surface area (Å²) in [6.07, 6.45) is 32.1. The summed E-state index contributed by atoms with van der Waals surface area (Å²) in [4.78, 5) is 34.4. The van der Waals surface area contributed by atoms with Crippen LogP contribution in [0.15, 0.2) is 0 Å². The van der Waals surface area contributed by atoms with Gasteiger partial charge in [-0.25, -0.2) is 4.57 Å². The SMILES string of the molecule is CCCCCCCCCCCCCCCCC(=O)OC(CO)COP(=O)(O)OCC(CO)OC(=O)CCCCCCCCCCCCCCCC. The minimum Gasteiger partial charge on any atom is -0.457 e. The smallest absolute Gasteiger partial charge is 0.457 e. The molecule has 0 fully saturated rings. The lowest BCUT2D eigenvalue weighted by molar-refractivity contribution is -0.153. The molecule has 0 saturated heterocycles. The molecule has 2 atom stereocenters. The standard InChI is InChI=1S/C40H79O10P/c1-3-5-7-9-11-13-15-17-19-21-23-25-27-29-31-39(43)49-37(33-41)35-47-51(45,46)48-36-38(34-42)50-40(44)32-30-28-26-24-22-20-18-16-14-12-10-8-6-4-2/h37-38,41-42H,3-36H2,1-2H3,(H,45,46). The molecule has 0 aromatic heterocycles. The number of hydrogen-bond donors (Lipinski definition) is 3. The Morgan fingerprint density at radius 3 is 0.922 bits per heavy atom. The predicted molar refractivity (Wildman–Crippen MR) is 206 cm³/mol. The maximum atomic E-state index is 12.3. The van der Waals surface area contributed by atoms with Crippen molar-refractivity contribution in [2.75, 3.05) is 26.4 Å². The fourth-order valence-electron chi connectivity index (χ4n) is 6.06. The molecule has 0 saturated carbocycles. The number of aliphatic hydroxyl groups excluding tert-OH is 2. The highest BCUT2D eigenvalue weighted by Gasteiger charge is 2.27. The van der Waals surface area contributed by atoms with Crippen LogP contribution in [0, 0.1) is 0 Å². The van der Waals surface area contributed by atoms with Crippen LogP contribution >= 0.6 is 7.82 Å². The number of hydrogen-bond acceptors (Lipinski definition) is 9. The molecule has 0 aliphatic rings. The molecule has 0 aromatic carbocycles. The van der Waals surface area contributed by atoms with Gasteiger partial charge in [0.25, 0.3) is 0 Å². The van der Waals surface area contributed by atoms with Crippen molar-refractivity contribution < 1.29 is 47.8 Å². The van der Waals surface area contributed by atoms with Crippen molar-refractivity contribution in [3.8, 4) is 0 Å². The van der Waals surface area contributed by atoms with Gasteiger partial charge in [-0.2, -0.15) is 0 Å². The number of rotatable bonds is 40. The Kier molecular flexibility index (Phi) is 36.5. The van der Waals surface area contributed by atoms with Gasteiger partial charge < -0.3 is 24.6 Å². The van der Waals surface area contributed by atoms with Crippen LogP contribution in [0.1, 0.15) is 206 Å². The summed E-state index contributed by atoms with van der Waals surface area (Å²) in [6, 6.07) is 0. The maximum absolute atomic E-state index is 12.3. The Balaban J connectivity index is 3.91. The first-order chi connectivity index (χ1) is 24.8. The van der Waals surface area contributed by atoms with E-state index in [1.165, 1.54) is 128 Å². The van der Waals surface area contributed by atoms with Crippen LogP contribution in [-0.4, -0.2) is 65.7 Å². The zero-order chi connectivity index (χ0) is 37.7. The average Bonchev–Trinajstić information content (AvgIpc) is 3.12. The fourth-order valence-corrected chi connectivity index (χ4v) is 6.84. The highest BCUT2D eigenvalue weighted by Crippen LogP contribution is 2.43. The Hall–Kier alpha value is -1.03. The van der Waals surface area contributed by atoms with E-state index in [1.54, 1.807) is 0 Å². The van der Waals surface area contributed by atoms with E-state index in [-0.39, 0.29) is 12.8 Å². The summed E-state index contributed by atoms with van der Waals surface area (Å²) in [5.74, 6) is -1.01. The van der Waals surface area contributed by atoms with E-state index in [0.717, 1.165) is 38.5 Å². The van der Waals surface area contributed by atoms with Crippen LogP contribution in [0.25, 0.3) is 0 Å². The van der Waals surface area contributed by atoms with Gasteiger partial charge >= 0.3 is 19.8 Å². The third-order valence-electron chi connectivity index (χ3n) is 9.32. The molecule has 0 aliphatic carbocycles. The van der Waals surface area contributed by atoms with Gasteiger partial charge in [-0.05, 0) is 12.8 Å². The van der Waals surface area contributed by atoms with Crippen molar-refractivity contribution in [2.24, 2.45) is 0 Å². The van der Waals surface area contributed by atoms with Crippen LogP contribution in [0.2, 0.25) is 0 Å². The number of aliphatic hydroxyl groups is 2. The molecule has 0 spiro atoms. The average molecular weight is 751 g/mol. The summed E-state index contributed by atoms with van der Waals surface area (Å²) < 4.78 is 32.5. The quantitative estimate of drug-likeness (QED) is 0.0314. The van der Waals surface area contributed by atoms with Gasteiger partial charge in [0.15, 0.2) is 0 Å². The zero-order valence-electron chi connectivity index (χ0n) is 32.8. The third kappa shape index (κ3) is 35.8. The normalized spacial score (nSPS) is 13.9. The summed E-state index contributed by atoms with van der Waals surface area (Å²) >= 11 is 0. The first-order valence-electron chi connectivity index (χ1n) is 21.0. The number of esters is 2. The lowest BCUT2D eigenvalue weighted by atomic mass is 10.0. The van der Waals surface area contributed by atoms with Gasteiger partial charge in [0.2, 0.25) is 0 Å². The van der Waals surface area contributed by atoms with E-state index >= 15 is 0 Å². The Bertz CT molecular complexity index is 765. The fraction of sp³-hybridized carbons (Fsp3) is 0.950. The van der Waals surface area contributed by atoms with Crippen LogP contribution in [0.4, 0.5) is 0 Å². The van der Waals surface area contributed by atoms with Crippen molar-refractivity contribution in [1.82, 2.24) is 0 Å². The molecule has 51 heavy (non-hydrogen) atoms. The maximum Gasteiger partial charge on any atom is 0.472 e. The van der Waals surface area contributed by atoms with Crippen molar-refractivity contribution in [3.05, 3.63) is 0 Å². The number of carbonyl (C=O) groups excluding carboxylic acids is 2. The first kappa shape index (κ1) is 50.0. The third-order valence-corrected chi connectivity index (χ3v) is 10.3. The lowest BCUT2D eigenvalue weighted by Gasteiger charge is -2.20. The van der Waals surface area contributed by atoms with Crippen LogP contribution < -0.4 is 0 Å². The highest BCUT2D eigenvalue weighted by atomic mass is 31.2. The molecular weight excluding hydrogens is 671 g/mol. The van der Waals surface area contributed by atoms with Crippen molar-refractivity contribution in [2.45, 2.75) is 219 Å². The second-order valence-corrected chi connectivity index (χ2v) is 15.8. The van der Waals surface area contributed by atoms with E-state index in [9.17, 15) is 29.3 Å². The molecule has 11 heteroatoms. The number of phosphoric acid groups is 1. The van der Waals surface area contributed by atoms with Crippen molar-refractivity contribution >= 4 is 19.8 Å². The summed E-state index contributed by atoms with van der Waals surface area (Å²) in [7, 11) is -4.62. The van der Waals surface area contributed by atoms with Gasteiger partial charge in [0.1, 0.15) is 12.2 Å². The van der Waals surface area contributed by atoms with Gasteiger partial charge in [0.05, 0.1) is 26.4 Å². The number of phosphoric ester groups is 1. The van der Waals surface area contributed by atoms with Gasteiger partial charge in [-0.3, -0.25) is 18.6 Å². The topological polar surface area (TPSA) is 149 Å². The lowest BCUT2D eigenvalue weighted by Crippen LogP contribution is -2.28. The molecule has 0 rings (SSSR count). The van der Waals surface area contributed by atoms with Crippen LogP contribution in [0.5, 0.6) is 0 Å². The monoisotopic (exact) mass is 751 g/mol. The molecule has 3 N–H and O–H groups in total. The summed E-state index contributed by atoms with van der Waals surface area (Å²) in [5, 5.41) is 19.1. The Labute approximate surface area is 312 Å². The van der Waals surface area contributed by atoms with Gasteiger partial charge in [-0.1, -0.05) is 181 Å². The molecule has 0 bridgehead atoms. The van der Waals surface area contributed by atoms with Crippen LogP contribution in [-0.2, 0) is 32.7 Å². The number of carbonyl (C=O) groups is 2. The molecule has 0 aliphatic heterocycles.